The summed E-state index contributed by atoms with van der Waals surface area (Å²) >= 11 is 0. The van der Waals surface area contributed by atoms with Crippen molar-refractivity contribution in [2.75, 3.05) is 24.2 Å². The first-order valence-electron chi connectivity index (χ1n) is 6.71. The second kappa shape index (κ2) is 6.00. The van der Waals surface area contributed by atoms with Crippen LogP contribution in [0.15, 0.2) is 6.07 Å². The number of nitrogen functional groups attached to an aromatic ring is 1. The summed E-state index contributed by atoms with van der Waals surface area (Å²) in [6.07, 6.45) is 4.31. The van der Waals surface area contributed by atoms with Gasteiger partial charge in [-0.2, -0.15) is 0 Å². The van der Waals surface area contributed by atoms with Crippen LogP contribution in [0.5, 0.6) is 0 Å². The Balaban J connectivity index is 1.95. The monoisotopic (exact) mass is 250 g/mol. The van der Waals surface area contributed by atoms with Gasteiger partial charge in [-0.3, -0.25) is 0 Å². The van der Waals surface area contributed by atoms with Crippen molar-refractivity contribution in [1.82, 2.24) is 9.97 Å². The van der Waals surface area contributed by atoms with E-state index >= 15 is 0 Å². The summed E-state index contributed by atoms with van der Waals surface area (Å²) in [5.74, 6) is 3.04. The molecule has 4 N–H and O–H groups in total. The molecule has 5 nitrogen and oxygen atoms in total. The van der Waals surface area contributed by atoms with Gasteiger partial charge in [0.25, 0.3) is 0 Å². The van der Waals surface area contributed by atoms with E-state index in [1.54, 1.807) is 6.07 Å². The molecule has 0 aromatic carbocycles. The van der Waals surface area contributed by atoms with E-state index in [4.69, 9.17) is 5.73 Å². The van der Waals surface area contributed by atoms with Crippen molar-refractivity contribution < 1.29 is 5.11 Å². The fourth-order valence-electron chi connectivity index (χ4n) is 2.62. The third kappa shape index (κ3) is 3.10. The SMILES string of the molecule is CCc1nc(N)cc(NCC2CCCC2CO)n1. The smallest absolute Gasteiger partial charge is 0.132 e. The lowest BCUT2D eigenvalue weighted by Crippen LogP contribution is -2.21. The molecule has 2 atom stereocenters. The zero-order valence-electron chi connectivity index (χ0n) is 10.9. The number of rotatable bonds is 5. The molecule has 2 rings (SSSR count). The van der Waals surface area contributed by atoms with Crippen LogP contribution in [0.25, 0.3) is 0 Å². The molecule has 1 fully saturated rings. The maximum Gasteiger partial charge on any atom is 0.132 e. The Bertz CT molecular complexity index is 397. The minimum Gasteiger partial charge on any atom is -0.396 e. The first-order valence-corrected chi connectivity index (χ1v) is 6.71. The molecule has 2 unspecified atom stereocenters. The van der Waals surface area contributed by atoms with Gasteiger partial charge in [-0.25, -0.2) is 9.97 Å². The highest BCUT2D eigenvalue weighted by Gasteiger charge is 2.26. The van der Waals surface area contributed by atoms with Crippen molar-refractivity contribution in [3.8, 4) is 0 Å². The molecule has 0 amide bonds. The summed E-state index contributed by atoms with van der Waals surface area (Å²) in [5, 5.41) is 12.6. The summed E-state index contributed by atoms with van der Waals surface area (Å²) in [6.45, 7) is 3.15. The van der Waals surface area contributed by atoms with Gasteiger partial charge in [0.1, 0.15) is 17.5 Å². The van der Waals surface area contributed by atoms with Crippen molar-refractivity contribution in [1.29, 1.82) is 0 Å². The van der Waals surface area contributed by atoms with Gasteiger partial charge in [0.2, 0.25) is 0 Å². The Morgan fingerprint density at radius 1 is 1.39 bits per heavy atom. The molecule has 0 aliphatic heterocycles. The number of aromatic nitrogens is 2. The van der Waals surface area contributed by atoms with Gasteiger partial charge in [0, 0.05) is 25.6 Å². The number of nitrogens with two attached hydrogens (primary N) is 1. The summed E-state index contributed by atoms with van der Waals surface area (Å²) in [6, 6.07) is 1.77. The molecule has 1 aromatic heterocycles. The molecule has 1 aliphatic carbocycles. The van der Waals surface area contributed by atoms with Crippen LogP contribution < -0.4 is 11.1 Å². The second-order valence-corrected chi connectivity index (χ2v) is 4.96. The molecule has 18 heavy (non-hydrogen) atoms. The highest BCUT2D eigenvalue weighted by molar-refractivity contribution is 5.44. The van der Waals surface area contributed by atoms with Crippen molar-refractivity contribution in [3.05, 3.63) is 11.9 Å². The van der Waals surface area contributed by atoms with Crippen LogP contribution in [0.4, 0.5) is 11.6 Å². The predicted molar refractivity (Wildman–Crippen MR) is 72.2 cm³/mol. The van der Waals surface area contributed by atoms with Crippen molar-refractivity contribution in [3.63, 3.8) is 0 Å². The van der Waals surface area contributed by atoms with Gasteiger partial charge in [0.05, 0.1) is 0 Å². The quantitative estimate of drug-likeness (QED) is 0.736. The molecule has 5 heteroatoms. The van der Waals surface area contributed by atoms with Crippen LogP contribution in [-0.2, 0) is 6.42 Å². The Morgan fingerprint density at radius 2 is 2.17 bits per heavy atom. The topological polar surface area (TPSA) is 84.1 Å². The van der Waals surface area contributed by atoms with E-state index in [-0.39, 0.29) is 0 Å². The van der Waals surface area contributed by atoms with E-state index in [9.17, 15) is 5.11 Å². The van der Waals surface area contributed by atoms with E-state index in [1.807, 2.05) is 6.92 Å². The third-order valence-corrected chi connectivity index (χ3v) is 3.70. The van der Waals surface area contributed by atoms with Crippen LogP contribution in [0.2, 0.25) is 0 Å². The molecule has 1 heterocycles. The lowest BCUT2D eigenvalue weighted by atomic mass is 9.97. The van der Waals surface area contributed by atoms with Crippen LogP contribution in [-0.4, -0.2) is 28.2 Å². The predicted octanol–water partition coefficient (Wildman–Crippen LogP) is 1.44. The van der Waals surface area contributed by atoms with Crippen LogP contribution in [0.3, 0.4) is 0 Å². The number of aliphatic hydroxyl groups excluding tert-OH is 1. The van der Waals surface area contributed by atoms with Gasteiger partial charge < -0.3 is 16.2 Å². The molecule has 1 aromatic rings. The Kier molecular flexibility index (Phi) is 4.36. The van der Waals surface area contributed by atoms with Crippen LogP contribution in [0.1, 0.15) is 32.0 Å². The summed E-state index contributed by atoms with van der Waals surface area (Å²) in [5.41, 5.74) is 5.74. The molecular weight excluding hydrogens is 228 g/mol. The standard InChI is InChI=1S/C13H22N4O/c1-2-12-16-11(14)6-13(17-12)15-7-9-4-3-5-10(9)8-18/h6,9-10,18H,2-5,7-8H2,1H3,(H3,14,15,16,17). The van der Waals surface area contributed by atoms with Gasteiger partial charge in [-0.15, -0.1) is 0 Å². The third-order valence-electron chi connectivity index (χ3n) is 3.70. The minimum absolute atomic E-state index is 0.290. The number of hydrogen-bond donors (Lipinski definition) is 3. The number of nitrogens with zero attached hydrogens (tertiary/aromatic N) is 2. The van der Waals surface area contributed by atoms with Gasteiger partial charge in [-0.1, -0.05) is 13.3 Å². The first kappa shape index (κ1) is 13.1. The van der Waals surface area contributed by atoms with E-state index < -0.39 is 0 Å². The number of aryl methyl sites for hydroxylation is 1. The second-order valence-electron chi connectivity index (χ2n) is 4.96. The highest BCUT2D eigenvalue weighted by atomic mass is 16.3. The first-order chi connectivity index (χ1) is 8.72. The molecule has 0 saturated heterocycles. The summed E-state index contributed by atoms with van der Waals surface area (Å²) in [7, 11) is 0. The largest absolute Gasteiger partial charge is 0.396 e. The average Bonchev–Trinajstić information content (AvgIpc) is 2.83. The zero-order valence-corrected chi connectivity index (χ0v) is 10.9. The van der Waals surface area contributed by atoms with Gasteiger partial charge in [0.15, 0.2) is 0 Å². The molecule has 0 bridgehead atoms. The molecule has 0 spiro atoms. The average molecular weight is 250 g/mol. The number of anilines is 2. The Labute approximate surface area is 108 Å². The fraction of sp³-hybridized carbons (Fsp3) is 0.692. The van der Waals surface area contributed by atoms with Crippen LogP contribution >= 0.6 is 0 Å². The molecule has 1 saturated carbocycles. The summed E-state index contributed by atoms with van der Waals surface area (Å²) < 4.78 is 0. The van der Waals surface area contributed by atoms with Crippen molar-refractivity contribution in [2.24, 2.45) is 11.8 Å². The Hall–Kier alpha value is -1.36. The lowest BCUT2D eigenvalue weighted by molar-refractivity contribution is 0.199. The number of nitrogens with one attached hydrogen (secondary N) is 1. The maximum absolute atomic E-state index is 9.29. The highest BCUT2D eigenvalue weighted by Crippen LogP contribution is 2.31. The number of hydrogen-bond acceptors (Lipinski definition) is 5. The normalized spacial score (nSPS) is 23.2. The van der Waals surface area contributed by atoms with Crippen molar-refractivity contribution >= 4 is 11.6 Å². The molecule has 0 radical (unpaired) electrons. The summed E-state index contributed by atoms with van der Waals surface area (Å²) in [4.78, 5) is 8.55. The zero-order chi connectivity index (χ0) is 13.0. The van der Waals surface area contributed by atoms with Crippen molar-refractivity contribution in [2.45, 2.75) is 32.6 Å². The van der Waals surface area contributed by atoms with Gasteiger partial charge >= 0.3 is 0 Å². The molecule has 100 valence electrons. The maximum atomic E-state index is 9.29. The van der Waals surface area contributed by atoms with Crippen LogP contribution in [0, 0.1) is 11.8 Å². The van der Waals surface area contributed by atoms with E-state index in [0.29, 0.717) is 24.3 Å². The van der Waals surface area contributed by atoms with E-state index in [0.717, 1.165) is 31.0 Å². The fourth-order valence-corrected chi connectivity index (χ4v) is 2.62. The lowest BCUT2D eigenvalue weighted by Gasteiger charge is -2.18. The van der Waals surface area contributed by atoms with E-state index in [1.165, 1.54) is 12.8 Å². The molecular formula is C13H22N4O. The Morgan fingerprint density at radius 3 is 2.89 bits per heavy atom. The molecule has 1 aliphatic rings. The number of aliphatic hydroxyl groups is 1. The van der Waals surface area contributed by atoms with E-state index in [2.05, 4.69) is 15.3 Å². The minimum atomic E-state index is 0.290. The van der Waals surface area contributed by atoms with Gasteiger partial charge in [-0.05, 0) is 24.7 Å².